The summed E-state index contributed by atoms with van der Waals surface area (Å²) in [6.07, 6.45) is 2.21. The fraction of sp³-hybridized carbons (Fsp3) is 0.600. The molecule has 1 aromatic carbocycles. The molecule has 0 saturated carbocycles. The average molecular weight is 374 g/mol. The number of piperidine rings is 1. The van der Waals surface area contributed by atoms with Gasteiger partial charge in [0.1, 0.15) is 17.4 Å². The quantitative estimate of drug-likeness (QED) is 0.759. The molecule has 2 aromatic rings. The Kier molecular flexibility index (Phi) is 6.82. The maximum Gasteiger partial charge on any atom is 0.146 e. The molecule has 7 nitrogen and oxygen atoms in total. The molecular weight excluding hydrogens is 342 g/mol. The smallest absolute Gasteiger partial charge is 0.146 e. The minimum Gasteiger partial charge on any atom is -0.497 e. The van der Waals surface area contributed by atoms with Gasteiger partial charge in [-0.25, -0.2) is 0 Å². The van der Waals surface area contributed by atoms with Gasteiger partial charge in [0.15, 0.2) is 0 Å². The van der Waals surface area contributed by atoms with Crippen LogP contribution in [0.25, 0.3) is 0 Å². The van der Waals surface area contributed by atoms with Crippen LogP contribution in [-0.4, -0.2) is 70.1 Å². The van der Waals surface area contributed by atoms with Crippen molar-refractivity contribution in [3.63, 3.8) is 0 Å². The van der Waals surface area contributed by atoms with E-state index in [4.69, 9.17) is 9.84 Å². The summed E-state index contributed by atoms with van der Waals surface area (Å²) in [4.78, 5) is 4.57. The lowest BCUT2D eigenvalue weighted by atomic mass is 9.95. The van der Waals surface area contributed by atoms with Gasteiger partial charge >= 0.3 is 0 Å². The Morgan fingerprint density at radius 1 is 1.19 bits per heavy atom. The van der Waals surface area contributed by atoms with Gasteiger partial charge in [0.25, 0.3) is 0 Å². The third kappa shape index (κ3) is 5.06. The van der Waals surface area contributed by atoms with Gasteiger partial charge in [-0.2, -0.15) is 0 Å². The molecule has 0 radical (unpaired) electrons. The number of rotatable bonds is 8. The predicted molar refractivity (Wildman–Crippen MR) is 105 cm³/mol. The fourth-order valence-corrected chi connectivity index (χ4v) is 3.70. The highest BCUT2D eigenvalue weighted by atomic mass is 16.5. The standard InChI is InChI=1S/C20H31N5O2/c1-23(12-13-26)15-19-21-22-20(24(19)2)17-8-10-25(11-9-17)14-16-4-6-18(27-3)7-5-16/h4-7,17,26H,8-15H2,1-3H3. The van der Waals surface area contributed by atoms with Crippen LogP contribution in [0.2, 0.25) is 0 Å². The molecule has 2 heterocycles. The Hall–Kier alpha value is -1.96. The highest BCUT2D eigenvalue weighted by Crippen LogP contribution is 2.28. The summed E-state index contributed by atoms with van der Waals surface area (Å²) in [5.74, 6) is 3.42. The SMILES string of the molecule is COc1ccc(CN2CCC(c3nnc(CN(C)CCO)n3C)CC2)cc1. The number of likely N-dealkylation sites (tertiary alicyclic amines) is 1. The van der Waals surface area contributed by atoms with E-state index < -0.39 is 0 Å². The number of methoxy groups -OCH3 is 1. The molecule has 1 saturated heterocycles. The van der Waals surface area contributed by atoms with Gasteiger partial charge in [-0.1, -0.05) is 12.1 Å². The van der Waals surface area contributed by atoms with Crippen molar-refractivity contribution in [3.8, 4) is 5.75 Å². The third-order valence-electron chi connectivity index (χ3n) is 5.41. The zero-order valence-electron chi connectivity index (χ0n) is 16.6. The number of nitrogens with zero attached hydrogens (tertiary/aromatic N) is 5. The van der Waals surface area contributed by atoms with Crippen molar-refractivity contribution in [1.29, 1.82) is 0 Å². The normalized spacial score (nSPS) is 16.2. The summed E-state index contributed by atoms with van der Waals surface area (Å²) in [5, 5.41) is 17.9. The molecule has 1 fully saturated rings. The van der Waals surface area contributed by atoms with E-state index in [2.05, 4.69) is 43.7 Å². The molecule has 0 atom stereocenters. The molecule has 148 valence electrons. The van der Waals surface area contributed by atoms with E-state index in [0.717, 1.165) is 49.9 Å². The first-order chi connectivity index (χ1) is 13.1. The largest absolute Gasteiger partial charge is 0.497 e. The number of hydrogen-bond donors (Lipinski definition) is 1. The van der Waals surface area contributed by atoms with Crippen LogP contribution < -0.4 is 4.74 Å². The first-order valence-electron chi connectivity index (χ1n) is 9.63. The van der Waals surface area contributed by atoms with Gasteiger partial charge in [0.2, 0.25) is 0 Å². The molecule has 0 unspecified atom stereocenters. The van der Waals surface area contributed by atoms with E-state index in [1.165, 1.54) is 5.56 Å². The first-order valence-corrected chi connectivity index (χ1v) is 9.63. The van der Waals surface area contributed by atoms with Crippen LogP contribution in [0.4, 0.5) is 0 Å². The summed E-state index contributed by atoms with van der Waals surface area (Å²) in [5.41, 5.74) is 1.32. The van der Waals surface area contributed by atoms with Crippen LogP contribution in [0.3, 0.4) is 0 Å². The van der Waals surface area contributed by atoms with Gasteiger partial charge in [-0.3, -0.25) is 9.80 Å². The van der Waals surface area contributed by atoms with Crippen molar-refractivity contribution in [2.24, 2.45) is 7.05 Å². The number of ether oxygens (including phenoxy) is 1. The van der Waals surface area contributed by atoms with Crippen LogP contribution in [0.5, 0.6) is 5.75 Å². The molecule has 0 aliphatic carbocycles. The van der Waals surface area contributed by atoms with Crippen LogP contribution in [0.1, 0.15) is 36.0 Å². The zero-order chi connectivity index (χ0) is 19.2. The lowest BCUT2D eigenvalue weighted by Crippen LogP contribution is -2.33. The van der Waals surface area contributed by atoms with Crippen LogP contribution in [0.15, 0.2) is 24.3 Å². The molecule has 3 rings (SSSR count). The van der Waals surface area contributed by atoms with Gasteiger partial charge in [-0.15, -0.1) is 10.2 Å². The van der Waals surface area contributed by atoms with Crippen molar-refractivity contribution in [2.75, 3.05) is 40.4 Å². The molecule has 1 aliphatic heterocycles. The van der Waals surface area contributed by atoms with Crippen LogP contribution >= 0.6 is 0 Å². The molecule has 27 heavy (non-hydrogen) atoms. The Bertz CT molecular complexity index is 708. The van der Waals surface area contributed by atoms with E-state index in [-0.39, 0.29) is 6.61 Å². The van der Waals surface area contributed by atoms with E-state index in [9.17, 15) is 0 Å². The topological polar surface area (TPSA) is 66.7 Å². The molecule has 1 N–H and O–H groups in total. The first kappa shape index (κ1) is 19.8. The molecule has 0 amide bonds. The second-order valence-electron chi connectivity index (χ2n) is 7.39. The fourth-order valence-electron chi connectivity index (χ4n) is 3.70. The summed E-state index contributed by atoms with van der Waals surface area (Å²) < 4.78 is 7.37. The Morgan fingerprint density at radius 2 is 1.89 bits per heavy atom. The summed E-state index contributed by atoms with van der Waals surface area (Å²) in [6.45, 7) is 4.64. The molecule has 7 heteroatoms. The monoisotopic (exact) mass is 373 g/mol. The Morgan fingerprint density at radius 3 is 2.52 bits per heavy atom. The molecule has 0 bridgehead atoms. The third-order valence-corrected chi connectivity index (χ3v) is 5.41. The number of aliphatic hydroxyl groups excluding tert-OH is 1. The van der Waals surface area contributed by atoms with Crippen molar-refractivity contribution in [2.45, 2.75) is 31.8 Å². The maximum absolute atomic E-state index is 9.05. The van der Waals surface area contributed by atoms with Gasteiger partial charge in [0, 0.05) is 26.1 Å². The summed E-state index contributed by atoms with van der Waals surface area (Å²) in [7, 11) is 5.74. The highest BCUT2D eigenvalue weighted by molar-refractivity contribution is 5.27. The Balaban J connectivity index is 1.53. The second-order valence-corrected chi connectivity index (χ2v) is 7.39. The van der Waals surface area contributed by atoms with Crippen molar-refractivity contribution < 1.29 is 9.84 Å². The second kappa shape index (κ2) is 9.30. The van der Waals surface area contributed by atoms with E-state index in [1.807, 2.05) is 19.2 Å². The predicted octanol–water partition coefficient (Wildman–Crippen LogP) is 1.63. The number of hydrogen-bond acceptors (Lipinski definition) is 6. The lowest BCUT2D eigenvalue weighted by molar-refractivity contribution is 0.199. The summed E-state index contributed by atoms with van der Waals surface area (Å²) >= 11 is 0. The number of likely N-dealkylation sites (N-methyl/N-ethyl adjacent to an activating group) is 1. The van der Waals surface area contributed by atoms with Crippen LogP contribution in [0, 0.1) is 0 Å². The van der Waals surface area contributed by atoms with Gasteiger partial charge < -0.3 is 14.4 Å². The molecular formula is C20H31N5O2. The zero-order valence-corrected chi connectivity index (χ0v) is 16.6. The van der Waals surface area contributed by atoms with Crippen molar-refractivity contribution >= 4 is 0 Å². The van der Waals surface area contributed by atoms with Gasteiger partial charge in [-0.05, 0) is 50.7 Å². The average Bonchev–Trinajstić information content (AvgIpc) is 3.03. The minimum absolute atomic E-state index is 0.161. The highest BCUT2D eigenvalue weighted by Gasteiger charge is 2.25. The van der Waals surface area contributed by atoms with Crippen molar-refractivity contribution in [1.82, 2.24) is 24.6 Å². The van der Waals surface area contributed by atoms with Gasteiger partial charge in [0.05, 0.1) is 20.3 Å². The number of aliphatic hydroxyl groups is 1. The molecule has 1 aromatic heterocycles. The summed E-state index contributed by atoms with van der Waals surface area (Å²) in [6, 6.07) is 8.33. The number of aromatic nitrogens is 3. The molecule has 1 aliphatic rings. The minimum atomic E-state index is 0.161. The number of benzene rings is 1. The van der Waals surface area contributed by atoms with E-state index in [0.29, 0.717) is 19.0 Å². The van der Waals surface area contributed by atoms with E-state index in [1.54, 1.807) is 7.11 Å². The lowest BCUT2D eigenvalue weighted by Gasteiger charge is -2.31. The van der Waals surface area contributed by atoms with E-state index >= 15 is 0 Å². The Labute approximate surface area is 161 Å². The van der Waals surface area contributed by atoms with Crippen LogP contribution in [-0.2, 0) is 20.1 Å². The van der Waals surface area contributed by atoms with Crippen molar-refractivity contribution in [3.05, 3.63) is 41.5 Å². The molecule has 0 spiro atoms. The maximum atomic E-state index is 9.05.